The van der Waals surface area contributed by atoms with Gasteiger partial charge in [-0.3, -0.25) is 9.59 Å². The maximum atomic E-state index is 13.8. The molecule has 12 heteroatoms. The number of hydrogen-bond acceptors (Lipinski definition) is 9. The van der Waals surface area contributed by atoms with Gasteiger partial charge < -0.3 is 28.8 Å². The number of furan rings is 1. The number of nitrogens with one attached hydrogen (secondary N) is 1. The molecule has 39 heavy (non-hydrogen) atoms. The first-order chi connectivity index (χ1) is 18.6. The van der Waals surface area contributed by atoms with E-state index >= 15 is 0 Å². The largest absolute Gasteiger partial charge is 0.493 e. The molecule has 12 nitrogen and oxygen atoms in total. The fourth-order valence-corrected chi connectivity index (χ4v) is 4.43. The Kier molecular flexibility index (Phi) is 8.54. The first-order valence-electron chi connectivity index (χ1n) is 12.9. The Hall–Kier alpha value is -3.93. The van der Waals surface area contributed by atoms with Crippen molar-refractivity contribution in [1.29, 1.82) is 0 Å². The van der Waals surface area contributed by atoms with Gasteiger partial charge in [-0.05, 0) is 76.1 Å². The van der Waals surface area contributed by atoms with E-state index in [2.05, 4.69) is 20.7 Å². The van der Waals surface area contributed by atoms with E-state index in [4.69, 9.17) is 18.6 Å². The van der Waals surface area contributed by atoms with E-state index in [9.17, 15) is 9.59 Å². The molecule has 2 amide bonds. The molecule has 0 bridgehead atoms. The standard InChI is InChI=1S/C27H36N6O6/c1-17-9-11-21(39-17)24(26(35)28-27(2,3)4)32(15-19-8-7-13-38-19)23(34)16-33-30-25(29-31-33)18-10-12-20(36-5)22(14-18)37-6/h9-12,14,19,24H,7-8,13,15-16H2,1-6H3,(H,28,35). The number of rotatable bonds is 10. The van der Waals surface area contributed by atoms with Crippen LogP contribution in [0, 0.1) is 6.92 Å². The van der Waals surface area contributed by atoms with Gasteiger partial charge in [-0.1, -0.05) is 0 Å². The Morgan fingerprint density at radius 2 is 1.95 bits per heavy atom. The summed E-state index contributed by atoms with van der Waals surface area (Å²) in [6, 6.07) is 7.76. The third-order valence-electron chi connectivity index (χ3n) is 6.20. The number of hydrogen-bond donors (Lipinski definition) is 1. The van der Waals surface area contributed by atoms with E-state index < -0.39 is 11.6 Å². The van der Waals surface area contributed by atoms with Gasteiger partial charge >= 0.3 is 0 Å². The number of nitrogens with zero attached hydrogens (tertiary/aromatic N) is 5. The number of ether oxygens (including phenoxy) is 3. The molecule has 1 saturated heterocycles. The molecule has 1 N–H and O–H groups in total. The molecule has 1 aliphatic rings. The minimum absolute atomic E-state index is 0.194. The molecule has 2 aromatic heterocycles. The van der Waals surface area contributed by atoms with Crippen LogP contribution < -0.4 is 14.8 Å². The smallest absolute Gasteiger partial charge is 0.251 e. The van der Waals surface area contributed by atoms with Crippen molar-refractivity contribution in [2.24, 2.45) is 0 Å². The zero-order chi connectivity index (χ0) is 28.2. The lowest BCUT2D eigenvalue weighted by Gasteiger charge is -2.33. The zero-order valence-electron chi connectivity index (χ0n) is 23.3. The predicted molar refractivity (Wildman–Crippen MR) is 141 cm³/mol. The average Bonchev–Trinajstić information content (AvgIpc) is 3.65. The molecule has 210 valence electrons. The van der Waals surface area contributed by atoms with Crippen LogP contribution >= 0.6 is 0 Å². The molecule has 0 aliphatic carbocycles. The van der Waals surface area contributed by atoms with Crippen LogP contribution in [-0.4, -0.2) is 75.9 Å². The number of benzene rings is 1. The number of carbonyl (C=O) groups excluding carboxylic acids is 2. The van der Waals surface area contributed by atoms with Gasteiger partial charge in [0.05, 0.1) is 20.3 Å². The SMILES string of the molecule is COc1ccc(-c2nnn(CC(=O)N(CC3CCCO3)C(C(=O)NC(C)(C)C)c3ccc(C)o3)n2)cc1OC. The van der Waals surface area contributed by atoms with Gasteiger partial charge in [-0.15, -0.1) is 10.2 Å². The zero-order valence-corrected chi connectivity index (χ0v) is 23.3. The summed E-state index contributed by atoms with van der Waals surface area (Å²) in [4.78, 5) is 30.1. The summed E-state index contributed by atoms with van der Waals surface area (Å²) in [7, 11) is 3.10. The molecule has 2 unspecified atom stereocenters. The van der Waals surface area contributed by atoms with Crippen LogP contribution in [0.4, 0.5) is 0 Å². The second-order valence-electron chi connectivity index (χ2n) is 10.5. The predicted octanol–water partition coefficient (Wildman–Crippen LogP) is 2.92. The Morgan fingerprint density at radius 1 is 1.18 bits per heavy atom. The maximum Gasteiger partial charge on any atom is 0.251 e. The van der Waals surface area contributed by atoms with Crippen molar-refractivity contribution in [3.8, 4) is 22.9 Å². The monoisotopic (exact) mass is 540 g/mol. The quantitative estimate of drug-likeness (QED) is 0.412. The van der Waals surface area contributed by atoms with Crippen LogP contribution in [0.2, 0.25) is 0 Å². The number of aromatic nitrogens is 4. The van der Waals surface area contributed by atoms with E-state index in [1.807, 2.05) is 20.8 Å². The molecule has 0 saturated carbocycles. The van der Waals surface area contributed by atoms with Gasteiger partial charge in [-0.25, -0.2) is 0 Å². The number of methoxy groups -OCH3 is 2. The van der Waals surface area contributed by atoms with Gasteiger partial charge in [0, 0.05) is 24.3 Å². The Morgan fingerprint density at radius 3 is 2.56 bits per heavy atom. The Labute approximate surface area is 227 Å². The maximum absolute atomic E-state index is 13.8. The highest BCUT2D eigenvalue weighted by atomic mass is 16.5. The van der Waals surface area contributed by atoms with Crippen LogP contribution in [0.3, 0.4) is 0 Å². The topological polar surface area (TPSA) is 134 Å². The van der Waals surface area contributed by atoms with Crippen molar-refractivity contribution < 1.29 is 28.2 Å². The highest BCUT2D eigenvalue weighted by molar-refractivity contribution is 5.88. The van der Waals surface area contributed by atoms with Crippen LogP contribution in [0.15, 0.2) is 34.7 Å². The summed E-state index contributed by atoms with van der Waals surface area (Å²) in [5.74, 6) is 1.70. The van der Waals surface area contributed by atoms with Crippen molar-refractivity contribution in [1.82, 2.24) is 30.4 Å². The molecule has 2 atom stereocenters. The third kappa shape index (κ3) is 6.94. The molecule has 3 aromatic rings. The second kappa shape index (κ2) is 11.9. The third-order valence-corrected chi connectivity index (χ3v) is 6.20. The molecule has 1 fully saturated rings. The van der Waals surface area contributed by atoms with E-state index in [1.54, 1.807) is 51.5 Å². The summed E-state index contributed by atoms with van der Waals surface area (Å²) in [6.07, 6.45) is 1.49. The van der Waals surface area contributed by atoms with Crippen molar-refractivity contribution in [3.05, 3.63) is 41.9 Å². The molecule has 4 rings (SSSR count). The molecule has 3 heterocycles. The number of amides is 2. The van der Waals surface area contributed by atoms with Crippen LogP contribution in [0.25, 0.3) is 11.4 Å². The van der Waals surface area contributed by atoms with Gasteiger partial charge in [0.15, 0.2) is 17.5 Å². The van der Waals surface area contributed by atoms with Crippen molar-refractivity contribution in [2.45, 2.75) is 64.8 Å². The molecular weight excluding hydrogens is 504 g/mol. The lowest BCUT2D eigenvalue weighted by molar-refractivity contribution is -0.144. The van der Waals surface area contributed by atoms with Gasteiger partial charge in [0.25, 0.3) is 5.91 Å². The molecule has 1 aliphatic heterocycles. The van der Waals surface area contributed by atoms with Gasteiger partial charge in [-0.2, -0.15) is 4.80 Å². The molecule has 1 aromatic carbocycles. The number of aryl methyl sites for hydroxylation is 1. The Balaban J connectivity index is 1.62. The first kappa shape index (κ1) is 28.1. The fourth-order valence-electron chi connectivity index (χ4n) is 4.43. The van der Waals surface area contributed by atoms with Crippen molar-refractivity contribution in [3.63, 3.8) is 0 Å². The lowest BCUT2D eigenvalue weighted by Crippen LogP contribution is -2.51. The number of tetrazole rings is 1. The average molecular weight is 541 g/mol. The van der Waals surface area contributed by atoms with Crippen LogP contribution in [-0.2, 0) is 20.9 Å². The fraction of sp³-hybridized carbons (Fsp3) is 0.519. The molecule has 0 radical (unpaired) electrons. The first-order valence-corrected chi connectivity index (χ1v) is 12.9. The van der Waals surface area contributed by atoms with Gasteiger partial charge in [0.2, 0.25) is 11.7 Å². The highest BCUT2D eigenvalue weighted by Crippen LogP contribution is 2.31. The Bertz CT molecular complexity index is 1290. The summed E-state index contributed by atoms with van der Waals surface area (Å²) >= 11 is 0. The lowest BCUT2D eigenvalue weighted by atomic mass is 10.1. The van der Waals surface area contributed by atoms with E-state index in [0.29, 0.717) is 41.0 Å². The van der Waals surface area contributed by atoms with E-state index in [1.165, 1.54) is 9.70 Å². The minimum atomic E-state index is -0.997. The van der Waals surface area contributed by atoms with E-state index in [0.717, 1.165) is 12.8 Å². The molecular formula is C27H36N6O6. The van der Waals surface area contributed by atoms with Crippen LogP contribution in [0.1, 0.15) is 51.2 Å². The van der Waals surface area contributed by atoms with E-state index in [-0.39, 0.29) is 31.0 Å². The van der Waals surface area contributed by atoms with Crippen LogP contribution in [0.5, 0.6) is 11.5 Å². The normalized spacial score (nSPS) is 16.1. The van der Waals surface area contributed by atoms with Gasteiger partial charge in [0.1, 0.15) is 18.1 Å². The summed E-state index contributed by atoms with van der Waals surface area (Å²) in [6.45, 7) is 8.06. The molecule has 0 spiro atoms. The van der Waals surface area contributed by atoms with Crippen molar-refractivity contribution >= 4 is 11.8 Å². The highest BCUT2D eigenvalue weighted by Gasteiger charge is 2.37. The summed E-state index contributed by atoms with van der Waals surface area (Å²) in [5.41, 5.74) is 0.133. The summed E-state index contributed by atoms with van der Waals surface area (Å²) in [5, 5.41) is 15.6. The minimum Gasteiger partial charge on any atom is -0.493 e. The van der Waals surface area contributed by atoms with Crippen molar-refractivity contribution in [2.75, 3.05) is 27.4 Å². The second-order valence-corrected chi connectivity index (χ2v) is 10.5. The number of carbonyl (C=O) groups is 2. The summed E-state index contributed by atoms with van der Waals surface area (Å²) < 4.78 is 22.3.